The molecule has 0 spiro atoms. The van der Waals surface area contributed by atoms with Crippen molar-refractivity contribution < 1.29 is 15.0 Å². The lowest BCUT2D eigenvalue weighted by Gasteiger charge is -2.08. The largest absolute Gasteiger partial charge is 0.481 e. The van der Waals surface area contributed by atoms with Gasteiger partial charge in [0.1, 0.15) is 12.9 Å². The molecule has 0 aliphatic rings. The average molecular weight is 298 g/mol. The van der Waals surface area contributed by atoms with Gasteiger partial charge in [0.25, 0.3) is 0 Å². The van der Waals surface area contributed by atoms with Gasteiger partial charge in [0, 0.05) is 6.54 Å². The number of carboxylic acid groups (broad SMARTS) is 1. The minimum atomic E-state index is -0.938. The van der Waals surface area contributed by atoms with Crippen LogP contribution in [0.2, 0.25) is 0 Å². The summed E-state index contributed by atoms with van der Waals surface area (Å²) in [6.45, 7) is 2.74. The number of aryl methyl sites for hydroxylation is 1. The summed E-state index contributed by atoms with van der Waals surface area (Å²) in [7, 11) is 0. The van der Waals surface area contributed by atoms with Gasteiger partial charge in [-0.15, -0.1) is 20.4 Å². The van der Waals surface area contributed by atoms with Gasteiger partial charge >= 0.3 is 5.97 Å². The summed E-state index contributed by atoms with van der Waals surface area (Å²) in [5.74, 6) is -0.00106. The first-order valence-corrected chi connectivity index (χ1v) is 6.88. The molecule has 2 aromatic rings. The highest BCUT2D eigenvalue weighted by molar-refractivity contribution is 7.99. The van der Waals surface area contributed by atoms with E-state index in [1.807, 2.05) is 11.5 Å². The van der Waals surface area contributed by atoms with E-state index in [0.717, 1.165) is 18.3 Å². The minimum absolute atomic E-state index is 0.121. The van der Waals surface area contributed by atoms with Gasteiger partial charge in [-0.05, 0) is 6.92 Å². The Balaban J connectivity index is 2.24. The van der Waals surface area contributed by atoms with Crippen molar-refractivity contribution in [1.29, 1.82) is 0 Å². The number of aliphatic carboxylic acids is 1. The van der Waals surface area contributed by atoms with E-state index in [1.54, 1.807) is 10.9 Å². The van der Waals surface area contributed by atoms with Gasteiger partial charge in [-0.1, -0.05) is 11.8 Å². The Morgan fingerprint density at radius 3 is 2.80 bits per heavy atom. The zero-order valence-electron chi connectivity index (χ0n) is 10.8. The Kier molecular flexibility index (Phi) is 4.69. The van der Waals surface area contributed by atoms with Crippen LogP contribution in [0.15, 0.2) is 11.5 Å². The SMILES string of the molecule is CCn1cnnc1Cn1c(CO)nnc1SCC(=O)O. The highest BCUT2D eigenvalue weighted by atomic mass is 32.2. The molecule has 9 nitrogen and oxygen atoms in total. The number of aliphatic hydroxyl groups excluding tert-OH is 1. The van der Waals surface area contributed by atoms with Crippen LogP contribution in [0, 0.1) is 0 Å². The van der Waals surface area contributed by atoms with Crippen molar-refractivity contribution in [2.24, 2.45) is 0 Å². The number of nitrogens with zero attached hydrogens (tertiary/aromatic N) is 6. The van der Waals surface area contributed by atoms with Crippen LogP contribution in [-0.2, 0) is 24.5 Å². The zero-order valence-corrected chi connectivity index (χ0v) is 11.6. The fraction of sp³-hybridized carbons (Fsp3) is 0.500. The Morgan fingerprint density at radius 1 is 1.35 bits per heavy atom. The summed E-state index contributed by atoms with van der Waals surface area (Å²) in [5, 5.41) is 34.0. The van der Waals surface area contributed by atoms with Crippen LogP contribution in [0.4, 0.5) is 0 Å². The van der Waals surface area contributed by atoms with Crippen molar-refractivity contribution in [2.75, 3.05) is 5.75 Å². The predicted molar refractivity (Wildman–Crippen MR) is 69.1 cm³/mol. The van der Waals surface area contributed by atoms with Crippen LogP contribution in [-0.4, -0.2) is 51.5 Å². The summed E-state index contributed by atoms with van der Waals surface area (Å²) in [5.41, 5.74) is 0. The molecular weight excluding hydrogens is 284 g/mol. The molecule has 0 radical (unpaired) electrons. The molecule has 0 saturated carbocycles. The zero-order chi connectivity index (χ0) is 14.5. The maximum Gasteiger partial charge on any atom is 0.313 e. The van der Waals surface area contributed by atoms with Gasteiger partial charge in [-0.25, -0.2) is 0 Å². The molecule has 2 N–H and O–H groups in total. The molecule has 0 aliphatic carbocycles. The molecule has 0 bridgehead atoms. The molecule has 0 fully saturated rings. The fourth-order valence-corrected chi connectivity index (χ4v) is 2.31. The van der Waals surface area contributed by atoms with Crippen LogP contribution < -0.4 is 0 Å². The van der Waals surface area contributed by atoms with Gasteiger partial charge in [-0.3, -0.25) is 9.36 Å². The minimum Gasteiger partial charge on any atom is -0.481 e. The van der Waals surface area contributed by atoms with Gasteiger partial charge in [0.2, 0.25) is 0 Å². The molecule has 2 heterocycles. The summed E-state index contributed by atoms with van der Waals surface area (Å²) in [4.78, 5) is 10.6. The fourth-order valence-electron chi connectivity index (χ4n) is 1.63. The third-order valence-electron chi connectivity index (χ3n) is 2.60. The van der Waals surface area contributed by atoms with Crippen molar-refractivity contribution >= 4 is 17.7 Å². The number of aliphatic hydroxyl groups is 1. The van der Waals surface area contributed by atoms with Crippen molar-refractivity contribution in [3.63, 3.8) is 0 Å². The molecule has 2 rings (SSSR count). The van der Waals surface area contributed by atoms with Crippen molar-refractivity contribution in [3.8, 4) is 0 Å². The van der Waals surface area contributed by atoms with Crippen molar-refractivity contribution in [2.45, 2.75) is 31.8 Å². The van der Waals surface area contributed by atoms with Crippen LogP contribution >= 0.6 is 11.8 Å². The van der Waals surface area contributed by atoms with Crippen LogP contribution in [0.3, 0.4) is 0 Å². The number of carbonyl (C=O) groups is 1. The molecule has 20 heavy (non-hydrogen) atoms. The van der Waals surface area contributed by atoms with E-state index in [2.05, 4.69) is 20.4 Å². The lowest BCUT2D eigenvalue weighted by molar-refractivity contribution is -0.133. The monoisotopic (exact) mass is 298 g/mol. The Hall–Kier alpha value is -1.94. The Labute approximate surface area is 118 Å². The highest BCUT2D eigenvalue weighted by Crippen LogP contribution is 2.18. The van der Waals surface area contributed by atoms with E-state index in [1.165, 1.54) is 0 Å². The van der Waals surface area contributed by atoms with E-state index in [0.29, 0.717) is 23.4 Å². The van der Waals surface area contributed by atoms with Crippen LogP contribution in [0.25, 0.3) is 0 Å². The predicted octanol–water partition coefficient (Wildman–Crippen LogP) is -0.393. The average Bonchev–Trinajstić information content (AvgIpc) is 3.03. The smallest absolute Gasteiger partial charge is 0.313 e. The van der Waals surface area contributed by atoms with E-state index < -0.39 is 5.97 Å². The molecule has 0 saturated heterocycles. The number of carboxylic acids is 1. The lowest BCUT2D eigenvalue weighted by Crippen LogP contribution is -2.12. The molecule has 0 aromatic carbocycles. The van der Waals surface area contributed by atoms with Gasteiger partial charge in [0.15, 0.2) is 16.8 Å². The van der Waals surface area contributed by atoms with Gasteiger partial charge in [0.05, 0.1) is 12.3 Å². The second kappa shape index (κ2) is 6.48. The molecular formula is C10H14N6O3S. The summed E-state index contributed by atoms with van der Waals surface area (Å²) < 4.78 is 3.50. The van der Waals surface area contributed by atoms with Gasteiger partial charge in [-0.2, -0.15) is 0 Å². The van der Waals surface area contributed by atoms with Crippen LogP contribution in [0.5, 0.6) is 0 Å². The molecule has 0 atom stereocenters. The second-order valence-corrected chi connectivity index (χ2v) is 4.80. The van der Waals surface area contributed by atoms with Crippen molar-refractivity contribution in [1.82, 2.24) is 29.5 Å². The normalized spacial score (nSPS) is 10.9. The van der Waals surface area contributed by atoms with E-state index >= 15 is 0 Å². The number of hydrogen-bond donors (Lipinski definition) is 2. The first-order chi connectivity index (χ1) is 9.65. The molecule has 2 aromatic heterocycles. The summed E-state index contributed by atoms with van der Waals surface area (Å²) in [6.07, 6.45) is 1.61. The second-order valence-electron chi connectivity index (χ2n) is 3.86. The third-order valence-corrected chi connectivity index (χ3v) is 3.55. The molecule has 0 unspecified atom stereocenters. The number of hydrogen-bond acceptors (Lipinski definition) is 7. The standard InChI is InChI=1S/C10H14N6O3S/c1-2-15-6-11-12-7(15)3-16-8(4-17)13-14-10(16)20-5-9(18)19/h6,17H,2-5H2,1H3,(H,18,19). The molecule has 10 heteroatoms. The van der Waals surface area contributed by atoms with Crippen molar-refractivity contribution in [3.05, 3.63) is 18.0 Å². The highest BCUT2D eigenvalue weighted by Gasteiger charge is 2.15. The summed E-state index contributed by atoms with van der Waals surface area (Å²) in [6, 6.07) is 0. The Bertz CT molecular complexity index is 596. The van der Waals surface area contributed by atoms with Gasteiger partial charge < -0.3 is 14.8 Å². The first-order valence-electron chi connectivity index (χ1n) is 5.90. The summed E-state index contributed by atoms with van der Waals surface area (Å²) >= 11 is 1.05. The molecule has 0 amide bonds. The third kappa shape index (κ3) is 3.14. The molecule has 0 aliphatic heterocycles. The lowest BCUT2D eigenvalue weighted by atomic mass is 10.5. The maximum atomic E-state index is 10.6. The van der Waals surface area contributed by atoms with E-state index in [-0.39, 0.29) is 12.4 Å². The van der Waals surface area contributed by atoms with E-state index in [9.17, 15) is 9.90 Å². The maximum absolute atomic E-state index is 10.6. The Morgan fingerprint density at radius 2 is 2.15 bits per heavy atom. The first kappa shape index (κ1) is 14.5. The number of thioether (sulfide) groups is 1. The molecule has 108 valence electrons. The van der Waals surface area contributed by atoms with E-state index in [4.69, 9.17) is 5.11 Å². The van der Waals surface area contributed by atoms with Crippen LogP contribution in [0.1, 0.15) is 18.6 Å². The number of rotatable bonds is 7. The topological polar surface area (TPSA) is 119 Å². The number of aromatic nitrogens is 6. The quantitative estimate of drug-likeness (QED) is 0.663.